The molecule has 0 saturated heterocycles. The molecule has 1 atom stereocenters. The second kappa shape index (κ2) is 4.24. The molecule has 0 aliphatic carbocycles. The van der Waals surface area contributed by atoms with E-state index >= 15 is 0 Å². The lowest BCUT2D eigenvalue weighted by Gasteiger charge is -2.13. The predicted molar refractivity (Wildman–Crippen MR) is 60.6 cm³/mol. The highest BCUT2D eigenvalue weighted by atomic mass is 32.1. The first-order valence-corrected chi connectivity index (χ1v) is 5.58. The largest absolute Gasteiger partial charge is 0.386 e. The van der Waals surface area contributed by atoms with Crippen LogP contribution in [0.3, 0.4) is 0 Å². The number of hydrogen-bond donors (Lipinski definition) is 1. The Kier molecular flexibility index (Phi) is 3.45. The van der Waals surface area contributed by atoms with Crippen molar-refractivity contribution in [2.45, 2.75) is 38.7 Å². The van der Waals surface area contributed by atoms with Gasteiger partial charge in [-0.2, -0.15) is 0 Å². The number of aromatic nitrogens is 1. The van der Waals surface area contributed by atoms with Crippen molar-refractivity contribution in [2.75, 3.05) is 0 Å². The topological polar surface area (TPSA) is 33.1 Å². The molecule has 0 bridgehead atoms. The minimum atomic E-state index is -0.500. The van der Waals surface area contributed by atoms with E-state index in [2.05, 4.69) is 32.3 Å². The van der Waals surface area contributed by atoms with Crippen LogP contribution in [0.1, 0.15) is 44.0 Å². The maximum Gasteiger partial charge on any atom is 0.100 e. The Hall–Kier alpha value is -0.670. The van der Waals surface area contributed by atoms with Gasteiger partial charge in [0, 0.05) is 10.8 Å². The number of thiazole rings is 1. The Morgan fingerprint density at radius 3 is 2.71 bits per heavy atom. The van der Waals surface area contributed by atoms with Gasteiger partial charge in [-0.05, 0) is 6.42 Å². The van der Waals surface area contributed by atoms with Crippen LogP contribution in [0.25, 0.3) is 0 Å². The molecule has 1 aromatic rings. The first-order valence-electron chi connectivity index (χ1n) is 4.70. The summed E-state index contributed by atoms with van der Waals surface area (Å²) in [5, 5.41) is 12.7. The second-order valence-electron chi connectivity index (χ2n) is 4.37. The first kappa shape index (κ1) is 11.4. The van der Waals surface area contributed by atoms with Crippen LogP contribution in [0.5, 0.6) is 0 Å². The maximum atomic E-state index is 9.67. The third kappa shape index (κ3) is 2.66. The third-order valence-corrected chi connectivity index (χ3v) is 3.18. The predicted octanol–water partition coefficient (Wildman–Crippen LogP) is 3.05. The van der Waals surface area contributed by atoms with E-state index in [0.717, 1.165) is 10.7 Å². The van der Waals surface area contributed by atoms with Crippen LogP contribution in [0, 0.1) is 0 Å². The van der Waals surface area contributed by atoms with Crippen LogP contribution in [0.4, 0.5) is 0 Å². The highest BCUT2D eigenvalue weighted by Crippen LogP contribution is 2.28. The van der Waals surface area contributed by atoms with E-state index in [1.165, 1.54) is 0 Å². The molecule has 0 saturated carbocycles. The van der Waals surface area contributed by atoms with E-state index in [0.29, 0.717) is 6.42 Å². The molecule has 0 spiro atoms. The maximum absolute atomic E-state index is 9.67. The molecule has 0 aromatic carbocycles. The number of aliphatic hydroxyl groups excluding tert-OH is 1. The zero-order chi connectivity index (χ0) is 10.8. The fourth-order valence-corrected chi connectivity index (χ4v) is 2.02. The normalized spacial score (nSPS) is 14.0. The molecule has 0 aliphatic rings. The van der Waals surface area contributed by atoms with Gasteiger partial charge in [-0.1, -0.05) is 26.8 Å². The van der Waals surface area contributed by atoms with Crippen LogP contribution in [0.2, 0.25) is 0 Å². The molecular weight excluding hydrogens is 194 g/mol. The summed E-state index contributed by atoms with van der Waals surface area (Å²) in [5.74, 6) is 0. The van der Waals surface area contributed by atoms with Crippen molar-refractivity contribution in [1.29, 1.82) is 0 Å². The summed E-state index contributed by atoms with van der Waals surface area (Å²) in [6.07, 6.45) is 1.77. The van der Waals surface area contributed by atoms with E-state index in [4.69, 9.17) is 0 Å². The van der Waals surface area contributed by atoms with Crippen LogP contribution in [0.15, 0.2) is 18.0 Å². The van der Waals surface area contributed by atoms with Gasteiger partial charge in [0.25, 0.3) is 0 Å². The fourth-order valence-electron chi connectivity index (χ4n) is 1.06. The van der Waals surface area contributed by atoms with Gasteiger partial charge in [-0.15, -0.1) is 17.9 Å². The van der Waals surface area contributed by atoms with Gasteiger partial charge in [0.2, 0.25) is 0 Å². The highest BCUT2D eigenvalue weighted by molar-refractivity contribution is 7.09. The molecule has 1 aromatic heterocycles. The monoisotopic (exact) mass is 211 g/mol. The van der Waals surface area contributed by atoms with Gasteiger partial charge in [-0.25, -0.2) is 4.98 Å². The van der Waals surface area contributed by atoms with Crippen molar-refractivity contribution in [3.63, 3.8) is 0 Å². The summed E-state index contributed by atoms with van der Waals surface area (Å²) in [6.45, 7) is 9.96. The highest BCUT2D eigenvalue weighted by Gasteiger charge is 2.19. The van der Waals surface area contributed by atoms with Gasteiger partial charge in [0.15, 0.2) is 0 Å². The molecule has 0 radical (unpaired) electrons. The standard InChI is InChI=1S/C11H17NOS/c1-5-6-9(13)8-7-14-10(12-8)11(2,3)4/h5,7,9,13H,1,6H2,2-4H3. The lowest BCUT2D eigenvalue weighted by atomic mass is 9.98. The quantitative estimate of drug-likeness (QED) is 0.779. The van der Waals surface area contributed by atoms with E-state index in [9.17, 15) is 5.11 Å². The SMILES string of the molecule is C=CCC(O)c1csc(C(C)(C)C)n1. The van der Waals surface area contributed by atoms with Crippen molar-refractivity contribution < 1.29 is 5.11 Å². The van der Waals surface area contributed by atoms with Crippen molar-refractivity contribution >= 4 is 11.3 Å². The van der Waals surface area contributed by atoms with E-state index in [-0.39, 0.29) is 5.41 Å². The number of aliphatic hydroxyl groups is 1. The fraction of sp³-hybridized carbons (Fsp3) is 0.545. The van der Waals surface area contributed by atoms with Crippen LogP contribution in [-0.2, 0) is 5.41 Å². The van der Waals surface area contributed by atoms with Crippen LogP contribution >= 0.6 is 11.3 Å². The van der Waals surface area contributed by atoms with Gasteiger partial charge in [0.05, 0.1) is 10.7 Å². The number of hydrogen-bond acceptors (Lipinski definition) is 3. The molecule has 78 valence electrons. The van der Waals surface area contributed by atoms with Crippen molar-refractivity contribution in [3.05, 3.63) is 28.7 Å². The Labute approximate surface area is 89.3 Å². The molecule has 1 N–H and O–H groups in total. The Morgan fingerprint density at radius 1 is 1.64 bits per heavy atom. The summed E-state index contributed by atoms with van der Waals surface area (Å²) in [6, 6.07) is 0. The van der Waals surface area contributed by atoms with Gasteiger partial charge >= 0.3 is 0 Å². The number of nitrogens with zero attached hydrogens (tertiary/aromatic N) is 1. The zero-order valence-corrected chi connectivity index (χ0v) is 9.77. The van der Waals surface area contributed by atoms with Crippen LogP contribution < -0.4 is 0 Å². The van der Waals surface area contributed by atoms with E-state index < -0.39 is 6.10 Å². The number of rotatable bonds is 3. The van der Waals surface area contributed by atoms with Crippen molar-refractivity contribution in [2.24, 2.45) is 0 Å². The summed E-state index contributed by atoms with van der Waals surface area (Å²) in [4.78, 5) is 4.42. The molecule has 1 unspecified atom stereocenters. The molecule has 14 heavy (non-hydrogen) atoms. The lowest BCUT2D eigenvalue weighted by Crippen LogP contribution is -2.11. The first-order chi connectivity index (χ1) is 6.45. The molecule has 3 heteroatoms. The molecule has 0 aliphatic heterocycles. The average Bonchev–Trinajstić information content (AvgIpc) is 2.51. The van der Waals surface area contributed by atoms with E-state index in [1.54, 1.807) is 17.4 Å². The summed E-state index contributed by atoms with van der Waals surface area (Å²) >= 11 is 1.61. The third-order valence-electron chi connectivity index (χ3n) is 1.89. The van der Waals surface area contributed by atoms with E-state index in [1.807, 2.05) is 5.38 Å². The van der Waals surface area contributed by atoms with Gasteiger partial charge < -0.3 is 5.11 Å². The molecule has 2 nitrogen and oxygen atoms in total. The molecule has 1 heterocycles. The Bertz CT molecular complexity index is 311. The Morgan fingerprint density at radius 2 is 2.29 bits per heavy atom. The molecule has 1 rings (SSSR count). The summed E-state index contributed by atoms with van der Waals surface area (Å²) in [5.41, 5.74) is 0.830. The molecule has 0 amide bonds. The zero-order valence-electron chi connectivity index (χ0n) is 8.95. The summed E-state index contributed by atoms with van der Waals surface area (Å²) in [7, 11) is 0. The summed E-state index contributed by atoms with van der Waals surface area (Å²) < 4.78 is 0. The molecule has 0 fully saturated rings. The smallest absolute Gasteiger partial charge is 0.100 e. The van der Waals surface area contributed by atoms with Crippen molar-refractivity contribution in [1.82, 2.24) is 4.98 Å². The van der Waals surface area contributed by atoms with Gasteiger partial charge in [0.1, 0.15) is 6.10 Å². The van der Waals surface area contributed by atoms with Gasteiger partial charge in [-0.3, -0.25) is 0 Å². The lowest BCUT2D eigenvalue weighted by molar-refractivity contribution is 0.177. The minimum Gasteiger partial charge on any atom is -0.386 e. The molecular formula is C11H17NOS. The average molecular weight is 211 g/mol. The van der Waals surface area contributed by atoms with Crippen molar-refractivity contribution in [3.8, 4) is 0 Å². The van der Waals surface area contributed by atoms with Crippen LogP contribution in [-0.4, -0.2) is 10.1 Å². The Balaban J connectivity index is 2.82. The second-order valence-corrected chi connectivity index (χ2v) is 5.23. The minimum absolute atomic E-state index is 0.0663.